The van der Waals surface area contributed by atoms with Crippen LogP contribution in [-0.2, 0) is 11.3 Å². The summed E-state index contributed by atoms with van der Waals surface area (Å²) in [6, 6.07) is 17.8. The first kappa shape index (κ1) is 21.3. The molecule has 0 radical (unpaired) electrons. The normalized spacial score (nSPS) is 12.9. The van der Waals surface area contributed by atoms with Crippen LogP contribution in [0.3, 0.4) is 0 Å². The smallest absolute Gasteiger partial charge is 0.233 e. The highest BCUT2D eigenvalue weighted by Gasteiger charge is 2.21. The van der Waals surface area contributed by atoms with Crippen LogP contribution in [-0.4, -0.2) is 25.9 Å². The molecule has 1 amide bonds. The summed E-state index contributed by atoms with van der Waals surface area (Å²) in [4.78, 5) is 12.7. The number of amides is 1. The molecule has 0 spiro atoms. The third-order valence-corrected chi connectivity index (χ3v) is 6.05. The van der Waals surface area contributed by atoms with Crippen molar-refractivity contribution in [3.8, 4) is 11.4 Å². The van der Waals surface area contributed by atoms with Crippen LogP contribution in [0.2, 0.25) is 0 Å². The highest BCUT2D eigenvalue weighted by atomic mass is 79.9. The fourth-order valence-corrected chi connectivity index (χ4v) is 3.98. The number of rotatable bonds is 8. The van der Waals surface area contributed by atoms with Gasteiger partial charge in [0.2, 0.25) is 5.91 Å². The Morgan fingerprint density at radius 3 is 2.52 bits per heavy atom. The van der Waals surface area contributed by atoms with Crippen molar-refractivity contribution in [2.24, 2.45) is 0 Å². The van der Waals surface area contributed by atoms with E-state index in [1.807, 2.05) is 73.0 Å². The minimum absolute atomic E-state index is 0.0373. The molecule has 0 aliphatic rings. The molecule has 1 N–H and O–H groups in total. The molecule has 1 heterocycles. The van der Waals surface area contributed by atoms with Gasteiger partial charge in [0, 0.05) is 16.6 Å². The van der Waals surface area contributed by atoms with E-state index in [0.29, 0.717) is 11.7 Å². The number of aromatic nitrogens is 3. The molecule has 2 atom stereocenters. The summed E-state index contributed by atoms with van der Waals surface area (Å²) >= 11 is 4.84. The van der Waals surface area contributed by atoms with Crippen molar-refractivity contribution >= 4 is 33.6 Å². The summed E-state index contributed by atoms with van der Waals surface area (Å²) in [5, 5.41) is 12.1. The lowest BCUT2D eigenvalue weighted by molar-refractivity contribution is -0.120. The average Bonchev–Trinajstić information content (AvgIpc) is 3.11. The second-order valence-electron chi connectivity index (χ2n) is 6.61. The number of halogens is 1. The van der Waals surface area contributed by atoms with Crippen molar-refractivity contribution in [2.45, 2.75) is 36.8 Å². The predicted octanol–water partition coefficient (Wildman–Crippen LogP) is 5.25. The van der Waals surface area contributed by atoms with Crippen LogP contribution < -0.4 is 5.32 Å². The van der Waals surface area contributed by atoms with Gasteiger partial charge in [-0.15, -0.1) is 16.8 Å². The third kappa shape index (κ3) is 5.36. The maximum Gasteiger partial charge on any atom is 0.233 e. The largest absolute Gasteiger partial charge is 0.349 e. The van der Waals surface area contributed by atoms with Crippen LogP contribution in [0.25, 0.3) is 11.4 Å². The lowest BCUT2D eigenvalue weighted by Crippen LogP contribution is -2.33. The van der Waals surface area contributed by atoms with Crippen molar-refractivity contribution in [3.63, 3.8) is 0 Å². The van der Waals surface area contributed by atoms with Gasteiger partial charge in [-0.25, -0.2) is 0 Å². The number of hydrogen-bond acceptors (Lipinski definition) is 4. The van der Waals surface area contributed by atoms with E-state index in [9.17, 15) is 4.79 Å². The Kier molecular flexibility index (Phi) is 7.28. The van der Waals surface area contributed by atoms with Gasteiger partial charge in [-0.3, -0.25) is 9.36 Å². The van der Waals surface area contributed by atoms with E-state index < -0.39 is 0 Å². The molecule has 5 nitrogen and oxygen atoms in total. The van der Waals surface area contributed by atoms with E-state index in [2.05, 4.69) is 38.0 Å². The summed E-state index contributed by atoms with van der Waals surface area (Å²) in [6.07, 6.45) is 1.80. The highest BCUT2D eigenvalue weighted by Crippen LogP contribution is 2.28. The summed E-state index contributed by atoms with van der Waals surface area (Å²) < 4.78 is 2.98. The molecule has 1 aromatic heterocycles. The first-order valence-corrected chi connectivity index (χ1v) is 11.0. The van der Waals surface area contributed by atoms with Crippen molar-refractivity contribution in [3.05, 3.63) is 77.3 Å². The number of carbonyl (C=O) groups excluding carboxylic acids is 1. The predicted molar refractivity (Wildman–Crippen MR) is 122 cm³/mol. The minimum atomic E-state index is -0.313. The van der Waals surface area contributed by atoms with Gasteiger partial charge < -0.3 is 5.32 Å². The van der Waals surface area contributed by atoms with E-state index in [4.69, 9.17) is 0 Å². The van der Waals surface area contributed by atoms with Crippen molar-refractivity contribution < 1.29 is 4.79 Å². The van der Waals surface area contributed by atoms with Gasteiger partial charge in [0.05, 0.1) is 11.3 Å². The fraction of sp³-hybridized carbons (Fsp3) is 0.227. The molecular formula is C22H23BrN4OS. The molecular weight excluding hydrogens is 448 g/mol. The van der Waals surface area contributed by atoms with Gasteiger partial charge in [-0.05, 0) is 31.5 Å². The summed E-state index contributed by atoms with van der Waals surface area (Å²) in [5.41, 5.74) is 2.04. The molecule has 3 aromatic rings. The number of hydrogen-bond donors (Lipinski definition) is 1. The van der Waals surface area contributed by atoms with Crippen LogP contribution in [0, 0.1) is 0 Å². The Labute approximate surface area is 183 Å². The molecule has 0 saturated heterocycles. The minimum Gasteiger partial charge on any atom is -0.349 e. The molecule has 2 unspecified atom stereocenters. The van der Waals surface area contributed by atoms with E-state index >= 15 is 0 Å². The highest BCUT2D eigenvalue weighted by molar-refractivity contribution is 9.10. The van der Waals surface area contributed by atoms with Crippen molar-refractivity contribution in [2.75, 3.05) is 0 Å². The molecule has 0 fully saturated rings. The molecule has 150 valence electrons. The Bertz CT molecular complexity index is 972. The lowest BCUT2D eigenvalue weighted by Gasteiger charge is -2.17. The number of benzene rings is 2. The van der Waals surface area contributed by atoms with Gasteiger partial charge in [-0.1, -0.05) is 76.2 Å². The molecule has 0 aliphatic carbocycles. The van der Waals surface area contributed by atoms with E-state index in [-0.39, 0.29) is 17.2 Å². The van der Waals surface area contributed by atoms with Crippen molar-refractivity contribution in [1.29, 1.82) is 0 Å². The molecule has 7 heteroatoms. The van der Waals surface area contributed by atoms with Crippen molar-refractivity contribution in [1.82, 2.24) is 20.1 Å². The van der Waals surface area contributed by atoms with Crippen LogP contribution in [0.4, 0.5) is 0 Å². The Hall–Kier alpha value is -2.38. The molecule has 0 aliphatic heterocycles. The van der Waals surface area contributed by atoms with Gasteiger partial charge in [0.15, 0.2) is 11.0 Å². The monoisotopic (exact) mass is 470 g/mol. The Balaban J connectivity index is 1.74. The molecule has 3 rings (SSSR count). The second kappa shape index (κ2) is 9.89. The molecule has 2 aromatic carbocycles. The van der Waals surface area contributed by atoms with Crippen LogP contribution in [0.15, 0.2) is 76.9 Å². The lowest BCUT2D eigenvalue weighted by atomic mass is 10.1. The molecule has 29 heavy (non-hydrogen) atoms. The van der Waals surface area contributed by atoms with Crippen LogP contribution in [0.5, 0.6) is 0 Å². The molecule has 0 bridgehead atoms. The van der Waals surface area contributed by atoms with Gasteiger partial charge in [0.1, 0.15) is 0 Å². The fourth-order valence-electron chi connectivity index (χ4n) is 2.85. The van der Waals surface area contributed by atoms with Gasteiger partial charge >= 0.3 is 0 Å². The number of thioether (sulfide) groups is 1. The first-order chi connectivity index (χ1) is 14.0. The second-order valence-corrected chi connectivity index (χ2v) is 8.84. The number of nitrogens with one attached hydrogen (secondary N) is 1. The quantitative estimate of drug-likeness (QED) is 0.360. The maximum atomic E-state index is 12.7. The standard InChI is InChI=1S/C22H23BrN4OS/c1-4-14-27-20(18-10-12-19(23)13-11-18)25-26-22(27)29-16(3)21(28)24-15(2)17-8-6-5-7-9-17/h4-13,15-16H,1,14H2,2-3H3,(H,24,28). The summed E-state index contributed by atoms with van der Waals surface area (Å²) in [7, 11) is 0. The summed E-state index contributed by atoms with van der Waals surface area (Å²) in [5.74, 6) is 0.717. The molecule has 0 saturated carbocycles. The first-order valence-electron chi connectivity index (χ1n) is 9.31. The SMILES string of the molecule is C=CCn1c(SC(C)C(=O)NC(C)c2ccccc2)nnc1-c1ccc(Br)cc1. The van der Waals surface area contributed by atoms with Crippen LogP contribution in [0.1, 0.15) is 25.5 Å². The summed E-state index contributed by atoms with van der Waals surface area (Å²) in [6.45, 7) is 8.27. The maximum absolute atomic E-state index is 12.7. The Morgan fingerprint density at radius 2 is 1.86 bits per heavy atom. The van der Waals surface area contributed by atoms with E-state index in [0.717, 1.165) is 21.4 Å². The zero-order valence-corrected chi connectivity index (χ0v) is 18.8. The van der Waals surface area contributed by atoms with Gasteiger partial charge in [-0.2, -0.15) is 0 Å². The number of carbonyl (C=O) groups is 1. The zero-order chi connectivity index (χ0) is 20.8. The topological polar surface area (TPSA) is 59.8 Å². The number of nitrogens with zero attached hydrogens (tertiary/aromatic N) is 3. The zero-order valence-electron chi connectivity index (χ0n) is 16.4. The van der Waals surface area contributed by atoms with Gasteiger partial charge in [0.25, 0.3) is 0 Å². The third-order valence-electron chi connectivity index (χ3n) is 4.44. The van der Waals surface area contributed by atoms with E-state index in [1.165, 1.54) is 11.8 Å². The average molecular weight is 471 g/mol. The van der Waals surface area contributed by atoms with Crippen LogP contribution >= 0.6 is 27.7 Å². The van der Waals surface area contributed by atoms with E-state index in [1.54, 1.807) is 6.08 Å². The Morgan fingerprint density at radius 1 is 1.17 bits per heavy atom. The number of allylic oxidation sites excluding steroid dienone is 1.